The molecule has 5 heteroatoms. The molecule has 1 fully saturated rings. The molecule has 1 aliphatic heterocycles. The highest BCUT2D eigenvalue weighted by Gasteiger charge is 2.51. The van der Waals surface area contributed by atoms with E-state index < -0.39 is 0 Å². The van der Waals surface area contributed by atoms with Crippen LogP contribution in [0.5, 0.6) is 0 Å². The van der Waals surface area contributed by atoms with Crippen molar-refractivity contribution in [2.75, 3.05) is 7.11 Å². The quantitative estimate of drug-likeness (QED) is 0.486. The zero-order valence-corrected chi connectivity index (χ0v) is 17.5. The van der Waals surface area contributed by atoms with Crippen LogP contribution >= 0.6 is 0 Å². The molecule has 148 valence electrons. The van der Waals surface area contributed by atoms with Crippen LogP contribution in [0.3, 0.4) is 0 Å². The van der Waals surface area contributed by atoms with Gasteiger partial charge in [0.05, 0.1) is 23.9 Å². The zero-order valence-electron chi connectivity index (χ0n) is 17.5. The van der Waals surface area contributed by atoms with Gasteiger partial charge in [0.2, 0.25) is 0 Å². The molecule has 0 N–H and O–H groups in total. The van der Waals surface area contributed by atoms with Gasteiger partial charge < -0.3 is 14.0 Å². The number of methoxy groups -OCH3 is 1. The third-order valence-electron chi connectivity index (χ3n) is 6.03. The molecule has 4 nitrogen and oxygen atoms in total. The summed E-state index contributed by atoms with van der Waals surface area (Å²) in [5.74, 6) is -0.328. The number of carbonyl (C=O) groups is 1. The van der Waals surface area contributed by atoms with Crippen LogP contribution in [0.4, 0.5) is 0 Å². The van der Waals surface area contributed by atoms with Gasteiger partial charge in [-0.05, 0) is 73.3 Å². The molecule has 4 rings (SSSR count). The predicted octanol–water partition coefficient (Wildman–Crippen LogP) is 4.59. The Morgan fingerprint density at radius 1 is 0.793 bits per heavy atom. The highest BCUT2D eigenvalue weighted by molar-refractivity contribution is 6.62. The predicted molar refractivity (Wildman–Crippen MR) is 116 cm³/mol. The third-order valence-corrected chi connectivity index (χ3v) is 6.03. The highest BCUT2D eigenvalue weighted by Crippen LogP contribution is 2.36. The van der Waals surface area contributed by atoms with Crippen molar-refractivity contribution in [3.63, 3.8) is 0 Å². The largest absolute Gasteiger partial charge is 0.494 e. The molecule has 0 unspecified atom stereocenters. The van der Waals surface area contributed by atoms with Gasteiger partial charge in [-0.3, -0.25) is 0 Å². The van der Waals surface area contributed by atoms with E-state index in [0.717, 1.165) is 27.4 Å². The summed E-state index contributed by atoms with van der Waals surface area (Å²) in [6.07, 6.45) is 0. The molecule has 1 heterocycles. The molecule has 0 aliphatic carbocycles. The summed E-state index contributed by atoms with van der Waals surface area (Å²) in [6, 6.07) is 20.1. The second kappa shape index (κ2) is 7.01. The molecule has 0 saturated carbocycles. The SMILES string of the molecule is COC(=O)c1ccc(-c2ccc3cc(B4OC(C)(C)C(C)(C)O4)ccc3c2)cc1. The standard InChI is InChI=1S/C24H25BO4/c1-23(2)24(3,4)29-25(28-23)21-13-12-19-14-18(10-11-20(19)15-21)16-6-8-17(9-7-16)22(26)27-5/h6-15H,1-5H3. The number of esters is 1. The number of fused-ring (bicyclic) bond motifs is 1. The van der Waals surface area contributed by atoms with Crippen molar-refractivity contribution < 1.29 is 18.8 Å². The summed E-state index contributed by atoms with van der Waals surface area (Å²) >= 11 is 0. The maximum Gasteiger partial charge on any atom is 0.494 e. The summed E-state index contributed by atoms with van der Waals surface area (Å²) in [6.45, 7) is 8.25. The van der Waals surface area contributed by atoms with Crippen molar-refractivity contribution in [1.29, 1.82) is 0 Å². The minimum Gasteiger partial charge on any atom is -0.465 e. The molecule has 3 aromatic rings. The fourth-order valence-corrected chi connectivity index (χ4v) is 3.49. The molecule has 0 bridgehead atoms. The van der Waals surface area contributed by atoms with Crippen molar-refractivity contribution in [2.45, 2.75) is 38.9 Å². The third kappa shape index (κ3) is 3.56. The first-order chi connectivity index (χ1) is 13.7. The van der Waals surface area contributed by atoms with Crippen LogP contribution < -0.4 is 5.46 Å². The number of benzene rings is 3. The van der Waals surface area contributed by atoms with E-state index in [-0.39, 0.29) is 24.3 Å². The molecule has 29 heavy (non-hydrogen) atoms. The minimum atomic E-state index is -0.366. The van der Waals surface area contributed by atoms with E-state index in [0.29, 0.717) is 5.56 Å². The van der Waals surface area contributed by atoms with E-state index in [1.807, 2.05) is 12.1 Å². The Morgan fingerprint density at radius 2 is 1.34 bits per heavy atom. The lowest BCUT2D eigenvalue weighted by molar-refractivity contribution is 0.00578. The Balaban J connectivity index is 1.62. The molecule has 1 aliphatic rings. The number of carbonyl (C=O) groups excluding carboxylic acids is 1. The molecule has 0 amide bonds. The summed E-state index contributed by atoms with van der Waals surface area (Å²) < 4.78 is 17.1. The van der Waals surface area contributed by atoms with Gasteiger partial charge in [-0.2, -0.15) is 0 Å². The number of rotatable bonds is 3. The average molecular weight is 388 g/mol. The van der Waals surface area contributed by atoms with E-state index >= 15 is 0 Å². The van der Waals surface area contributed by atoms with Gasteiger partial charge in [0, 0.05) is 0 Å². The minimum absolute atomic E-state index is 0.328. The summed E-state index contributed by atoms with van der Waals surface area (Å²) in [5.41, 5.74) is 3.00. The number of ether oxygens (including phenoxy) is 1. The zero-order chi connectivity index (χ0) is 20.8. The maximum absolute atomic E-state index is 11.6. The maximum atomic E-state index is 11.6. The fraction of sp³-hybridized carbons (Fsp3) is 0.292. The smallest absolute Gasteiger partial charge is 0.465 e. The normalized spacial score (nSPS) is 17.5. The molecule has 3 aromatic carbocycles. The first-order valence-corrected chi connectivity index (χ1v) is 9.78. The molecule has 0 radical (unpaired) electrons. The summed E-state index contributed by atoms with van der Waals surface area (Å²) in [5, 5.41) is 2.27. The van der Waals surface area contributed by atoms with Gasteiger partial charge >= 0.3 is 13.1 Å². The van der Waals surface area contributed by atoms with E-state index in [4.69, 9.17) is 14.0 Å². The van der Waals surface area contributed by atoms with Crippen LogP contribution in [-0.4, -0.2) is 31.4 Å². The molecular weight excluding hydrogens is 363 g/mol. The van der Waals surface area contributed by atoms with Crippen molar-refractivity contribution in [3.8, 4) is 11.1 Å². The van der Waals surface area contributed by atoms with Gasteiger partial charge in [-0.1, -0.05) is 42.5 Å². The second-order valence-corrected chi connectivity index (χ2v) is 8.48. The van der Waals surface area contributed by atoms with E-state index in [1.165, 1.54) is 7.11 Å². The number of hydrogen-bond donors (Lipinski definition) is 0. The molecular formula is C24H25BO4. The Kier molecular flexibility index (Phi) is 4.76. The van der Waals surface area contributed by atoms with Crippen LogP contribution in [0, 0.1) is 0 Å². The van der Waals surface area contributed by atoms with Crippen LogP contribution in [0.15, 0.2) is 60.7 Å². The Hall–Kier alpha value is -2.63. The Morgan fingerprint density at radius 3 is 1.97 bits per heavy atom. The topological polar surface area (TPSA) is 44.8 Å². The number of hydrogen-bond acceptors (Lipinski definition) is 4. The fourth-order valence-electron chi connectivity index (χ4n) is 3.49. The van der Waals surface area contributed by atoms with Crippen LogP contribution in [-0.2, 0) is 14.0 Å². The van der Waals surface area contributed by atoms with Crippen molar-refractivity contribution in [2.24, 2.45) is 0 Å². The van der Waals surface area contributed by atoms with E-state index in [1.54, 1.807) is 12.1 Å². The van der Waals surface area contributed by atoms with Crippen LogP contribution in [0.25, 0.3) is 21.9 Å². The van der Waals surface area contributed by atoms with Gasteiger partial charge in [0.15, 0.2) is 0 Å². The summed E-state index contributed by atoms with van der Waals surface area (Å²) in [7, 11) is 1.02. The Bertz CT molecular complexity index is 1050. The first-order valence-electron chi connectivity index (χ1n) is 9.78. The molecule has 0 spiro atoms. The van der Waals surface area contributed by atoms with Gasteiger partial charge in [-0.15, -0.1) is 0 Å². The average Bonchev–Trinajstić information content (AvgIpc) is 2.94. The van der Waals surface area contributed by atoms with Crippen LogP contribution in [0.2, 0.25) is 0 Å². The van der Waals surface area contributed by atoms with E-state index in [9.17, 15) is 4.79 Å². The summed E-state index contributed by atoms with van der Waals surface area (Å²) in [4.78, 5) is 11.6. The lowest BCUT2D eigenvalue weighted by atomic mass is 9.78. The molecule has 0 atom stereocenters. The monoisotopic (exact) mass is 388 g/mol. The van der Waals surface area contributed by atoms with Crippen molar-refractivity contribution >= 4 is 29.3 Å². The Labute approximate surface area is 171 Å². The van der Waals surface area contributed by atoms with Crippen LogP contribution in [0.1, 0.15) is 38.1 Å². The second-order valence-electron chi connectivity index (χ2n) is 8.48. The lowest BCUT2D eigenvalue weighted by Gasteiger charge is -2.32. The van der Waals surface area contributed by atoms with Crippen molar-refractivity contribution in [1.82, 2.24) is 0 Å². The van der Waals surface area contributed by atoms with E-state index in [2.05, 4.69) is 64.1 Å². The lowest BCUT2D eigenvalue weighted by Crippen LogP contribution is -2.41. The first kappa shape index (κ1) is 19.7. The van der Waals surface area contributed by atoms with Gasteiger partial charge in [-0.25, -0.2) is 4.79 Å². The van der Waals surface area contributed by atoms with Gasteiger partial charge in [0.25, 0.3) is 0 Å². The van der Waals surface area contributed by atoms with Gasteiger partial charge in [0.1, 0.15) is 0 Å². The highest BCUT2D eigenvalue weighted by atomic mass is 16.7. The van der Waals surface area contributed by atoms with Crippen molar-refractivity contribution in [3.05, 3.63) is 66.2 Å². The molecule has 0 aromatic heterocycles. The molecule has 1 saturated heterocycles.